The number of guanidine groups is 1. The van der Waals surface area contributed by atoms with Crippen molar-refractivity contribution >= 4 is 29.4 Å². The van der Waals surface area contributed by atoms with E-state index in [-0.39, 0.29) is 37.5 Å². The normalized spacial score (nSPS) is 13.9. The molecule has 0 aromatic carbocycles. The summed E-state index contributed by atoms with van der Waals surface area (Å²) in [5.74, 6) is 1.11. The molecule has 0 bridgehead atoms. The standard InChI is InChI=1S/C16H23ClN6O8/c1-10-19-13(17)12(14(20-10)27-3)21-15-18-4-5-22(15)11(2)31-16(24)29-8-6-28-7-9-30-23(25)26/h11H,4-9H2,1-3H3,(H,18,21). The van der Waals surface area contributed by atoms with Gasteiger partial charge >= 0.3 is 6.16 Å². The van der Waals surface area contributed by atoms with Gasteiger partial charge in [-0.2, -0.15) is 4.98 Å². The molecule has 2 heterocycles. The molecule has 1 aromatic heterocycles. The summed E-state index contributed by atoms with van der Waals surface area (Å²) in [6, 6.07) is 0. The number of carbonyl (C=O) groups is 1. The van der Waals surface area contributed by atoms with Gasteiger partial charge in [0.2, 0.25) is 11.8 Å². The maximum atomic E-state index is 11.9. The highest BCUT2D eigenvalue weighted by Gasteiger charge is 2.27. The average Bonchev–Trinajstić information content (AvgIpc) is 3.17. The molecule has 15 heteroatoms. The molecular formula is C16H23ClN6O8. The number of hydrogen-bond donors (Lipinski definition) is 1. The Morgan fingerprint density at radius 1 is 1.32 bits per heavy atom. The first-order chi connectivity index (χ1) is 14.8. The lowest BCUT2D eigenvalue weighted by Gasteiger charge is -2.27. The summed E-state index contributed by atoms with van der Waals surface area (Å²) >= 11 is 6.20. The van der Waals surface area contributed by atoms with Crippen LogP contribution in [0.3, 0.4) is 0 Å². The fourth-order valence-corrected chi connectivity index (χ4v) is 2.75. The fraction of sp³-hybridized carbons (Fsp3) is 0.625. The quantitative estimate of drug-likeness (QED) is 0.165. The Bertz CT molecular complexity index is 811. The molecule has 0 amide bonds. The summed E-state index contributed by atoms with van der Waals surface area (Å²) in [5.41, 5.74) is 0.341. The molecule has 31 heavy (non-hydrogen) atoms. The SMILES string of the molecule is COc1nc(C)nc(Cl)c1NC1=NCCN1C(C)OC(=O)OCCOCCO[N+](=O)[O-]. The Morgan fingerprint density at radius 2 is 2.06 bits per heavy atom. The van der Waals surface area contributed by atoms with Gasteiger partial charge in [0.05, 0.1) is 26.9 Å². The maximum Gasteiger partial charge on any atom is 0.510 e. The number of ether oxygens (including phenoxy) is 4. The Hall–Kier alpha value is -3.13. The highest BCUT2D eigenvalue weighted by molar-refractivity contribution is 6.32. The molecule has 1 unspecified atom stereocenters. The molecule has 14 nitrogen and oxygen atoms in total. The van der Waals surface area contributed by atoms with Gasteiger partial charge in [-0.3, -0.25) is 4.99 Å². The van der Waals surface area contributed by atoms with Crippen molar-refractivity contribution in [1.29, 1.82) is 0 Å². The summed E-state index contributed by atoms with van der Waals surface area (Å²) in [4.78, 5) is 40.2. The van der Waals surface area contributed by atoms with Crippen LogP contribution in [0.1, 0.15) is 12.7 Å². The molecular weight excluding hydrogens is 440 g/mol. The minimum Gasteiger partial charge on any atom is -0.479 e. The summed E-state index contributed by atoms with van der Waals surface area (Å²) in [6.07, 6.45) is -1.61. The average molecular weight is 463 g/mol. The zero-order chi connectivity index (χ0) is 22.8. The minimum absolute atomic E-state index is 0.0101. The second-order valence-corrected chi connectivity index (χ2v) is 6.31. The lowest BCUT2D eigenvalue weighted by atomic mass is 10.4. The topological polar surface area (TPSA) is 160 Å². The summed E-state index contributed by atoms with van der Waals surface area (Å²) < 4.78 is 20.4. The minimum atomic E-state index is -0.917. The zero-order valence-corrected chi connectivity index (χ0v) is 18.0. The van der Waals surface area contributed by atoms with E-state index < -0.39 is 17.5 Å². The Balaban J connectivity index is 1.80. The molecule has 0 fully saturated rings. The zero-order valence-electron chi connectivity index (χ0n) is 17.2. The molecule has 172 valence electrons. The maximum absolute atomic E-state index is 11.9. The number of nitrogens with one attached hydrogen (secondary N) is 1. The Labute approximate surface area is 182 Å². The van der Waals surface area contributed by atoms with E-state index in [9.17, 15) is 14.9 Å². The second-order valence-electron chi connectivity index (χ2n) is 5.95. The summed E-state index contributed by atoms with van der Waals surface area (Å²) in [6.45, 7) is 4.03. The Morgan fingerprint density at radius 3 is 2.77 bits per heavy atom. The number of hydrogen-bond acceptors (Lipinski definition) is 13. The van der Waals surface area contributed by atoms with Gasteiger partial charge < -0.3 is 34.0 Å². The molecule has 0 aliphatic carbocycles. The smallest absolute Gasteiger partial charge is 0.479 e. The molecule has 2 rings (SSSR count). The molecule has 0 spiro atoms. The van der Waals surface area contributed by atoms with Crippen molar-refractivity contribution in [1.82, 2.24) is 14.9 Å². The molecule has 0 saturated carbocycles. The van der Waals surface area contributed by atoms with Crippen LogP contribution in [0.4, 0.5) is 10.5 Å². The first kappa shape index (κ1) is 24.1. The van der Waals surface area contributed by atoms with Crippen LogP contribution in [0.25, 0.3) is 0 Å². The largest absolute Gasteiger partial charge is 0.510 e. The predicted molar refractivity (Wildman–Crippen MR) is 107 cm³/mol. The number of carbonyl (C=O) groups excluding carboxylic acids is 1. The van der Waals surface area contributed by atoms with Crippen molar-refractivity contribution in [2.24, 2.45) is 4.99 Å². The number of nitrogens with zero attached hydrogens (tertiary/aromatic N) is 5. The van der Waals surface area contributed by atoms with Gasteiger partial charge in [0.15, 0.2) is 11.4 Å². The molecule has 1 aliphatic rings. The third-order valence-corrected chi connectivity index (χ3v) is 4.10. The van der Waals surface area contributed by atoms with E-state index in [0.29, 0.717) is 30.6 Å². The first-order valence-electron chi connectivity index (χ1n) is 9.16. The highest BCUT2D eigenvalue weighted by atomic mass is 35.5. The van der Waals surface area contributed by atoms with E-state index in [1.807, 2.05) is 0 Å². The van der Waals surface area contributed by atoms with Gasteiger partial charge in [-0.25, -0.2) is 9.78 Å². The van der Waals surface area contributed by atoms with E-state index >= 15 is 0 Å². The lowest BCUT2D eigenvalue weighted by Crippen LogP contribution is -2.42. The van der Waals surface area contributed by atoms with E-state index in [1.165, 1.54) is 7.11 Å². The van der Waals surface area contributed by atoms with Crippen LogP contribution in [0.5, 0.6) is 5.88 Å². The number of anilines is 1. The van der Waals surface area contributed by atoms with Gasteiger partial charge in [0, 0.05) is 6.54 Å². The number of aromatic nitrogens is 2. The number of methoxy groups -OCH3 is 1. The van der Waals surface area contributed by atoms with Gasteiger partial charge in [-0.05, 0) is 13.8 Å². The van der Waals surface area contributed by atoms with Crippen LogP contribution < -0.4 is 10.1 Å². The van der Waals surface area contributed by atoms with Crippen LogP contribution in [-0.2, 0) is 19.0 Å². The van der Waals surface area contributed by atoms with Crippen molar-refractivity contribution in [2.75, 3.05) is 51.9 Å². The fourth-order valence-electron chi connectivity index (χ4n) is 2.50. The lowest BCUT2D eigenvalue weighted by molar-refractivity contribution is -0.758. The number of aryl methyl sites for hydroxylation is 1. The van der Waals surface area contributed by atoms with E-state index in [0.717, 1.165) is 0 Å². The monoisotopic (exact) mass is 462 g/mol. The van der Waals surface area contributed by atoms with Crippen LogP contribution in [-0.4, -0.2) is 84.9 Å². The third-order valence-electron chi connectivity index (χ3n) is 3.83. The van der Waals surface area contributed by atoms with Crippen LogP contribution in [0.15, 0.2) is 4.99 Å². The number of rotatable bonds is 11. The van der Waals surface area contributed by atoms with Crippen molar-refractivity contribution in [3.63, 3.8) is 0 Å². The van der Waals surface area contributed by atoms with Gasteiger partial charge in [0.1, 0.15) is 24.7 Å². The molecule has 1 aromatic rings. The molecule has 1 aliphatic heterocycles. The van der Waals surface area contributed by atoms with E-state index in [4.69, 9.17) is 30.5 Å². The number of aliphatic imine (C=N–C) groups is 1. The van der Waals surface area contributed by atoms with E-state index in [2.05, 4.69) is 25.1 Å². The first-order valence-corrected chi connectivity index (χ1v) is 9.54. The highest BCUT2D eigenvalue weighted by Crippen LogP contribution is 2.29. The molecule has 0 radical (unpaired) electrons. The Kier molecular flexibility index (Phi) is 9.27. The van der Waals surface area contributed by atoms with E-state index in [1.54, 1.807) is 18.7 Å². The van der Waals surface area contributed by atoms with Gasteiger partial charge in [-0.1, -0.05) is 11.6 Å². The van der Waals surface area contributed by atoms with Crippen molar-refractivity contribution < 1.29 is 33.7 Å². The number of halogens is 1. The third kappa shape index (κ3) is 7.57. The van der Waals surface area contributed by atoms with Crippen molar-refractivity contribution in [3.8, 4) is 5.88 Å². The van der Waals surface area contributed by atoms with Crippen LogP contribution in [0, 0.1) is 17.0 Å². The van der Waals surface area contributed by atoms with Gasteiger partial charge in [-0.15, -0.1) is 10.1 Å². The molecule has 1 N–H and O–H groups in total. The predicted octanol–water partition coefficient (Wildman–Crippen LogP) is 1.25. The molecule has 1 atom stereocenters. The second kappa shape index (κ2) is 11.9. The summed E-state index contributed by atoms with van der Waals surface area (Å²) in [5, 5.41) is 12.2. The summed E-state index contributed by atoms with van der Waals surface area (Å²) in [7, 11) is 1.46. The molecule has 0 saturated heterocycles. The van der Waals surface area contributed by atoms with Crippen LogP contribution >= 0.6 is 11.6 Å². The van der Waals surface area contributed by atoms with Crippen molar-refractivity contribution in [3.05, 3.63) is 21.1 Å². The van der Waals surface area contributed by atoms with Gasteiger partial charge in [0.25, 0.3) is 5.09 Å². The van der Waals surface area contributed by atoms with Crippen LogP contribution in [0.2, 0.25) is 5.15 Å². The van der Waals surface area contributed by atoms with Crippen molar-refractivity contribution in [2.45, 2.75) is 20.1 Å².